The number of rotatable bonds is 6. The number of benzene rings is 2. The van der Waals surface area contributed by atoms with Gasteiger partial charge in [0.25, 0.3) is 0 Å². The first-order chi connectivity index (χ1) is 9.63. The van der Waals surface area contributed by atoms with E-state index in [1.54, 1.807) is 0 Å². The van der Waals surface area contributed by atoms with Crippen LogP contribution < -0.4 is 0 Å². The summed E-state index contributed by atoms with van der Waals surface area (Å²) in [6.45, 7) is 5.85. The van der Waals surface area contributed by atoms with E-state index in [0.717, 1.165) is 12.5 Å². The SMILES string of the molecule is CC[C@H](C)[C@@H](CCN(C)C)c1cccc2ccccc12. The van der Waals surface area contributed by atoms with Crippen molar-refractivity contribution in [3.8, 4) is 0 Å². The Labute approximate surface area is 123 Å². The minimum absolute atomic E-state index is 0.647. The monoisotopic (exact) mass is 269 g/mol. The molecular weight excluding hydrogens is 242 g/mol. The van der Waals surface area contributed by atoms with Crippen LogP contribution in [0.15, 0.2) is 42.5 Å². The van der Waals surface area contributed by atoms with E-state index < -0.39 is 0 Å². The average Bonchev–Trinajstić information content (AvgIpc) is 2.47. The summed E-state index contributed by atoms with van der Waals surface area (Å²) in [5, 5.41) is 2.79. The van der Waals surface area contributed by atoms with Gasteiger partial charge in [-0.1, -0.05) is 62.7 Å². The molecule has 0 heterocycles. The molecule has 0 N–H and O–H groups in total. The maximum Gasteiger partial charge on any atom is -0.00189 e. The molecule has 0 aliphatic heterocycles. The fourth-order valence-corrected chi connectivity index (χ4v) is 3.00. The minimum Gasteiger partial charge on any atom is -0.309 e. The summed E-state index contributed by atoms with van der Waals surface area (Å²) in [5.41, 5.74) is 1.53. The summed E-state index contributed by atoms with van der Waals surface area (Å²) < 4.78 is 0. The van der Waals surface area contributed by atoms with Gasteiger partial charge in [0, 0.05) is 0 Å². The summed E-state index contributed by atoms with van der Waals surface area (Å²) in [6, 6.07) is 15.5. The van der Waals surface area contributed by atoms with Crippen molar-refractivity contribution in [2.75, 3.05) is 20.6 Å². The van der Waals surface area contributed by atoms with E-state index in [1.807, 2.05) is 0 Å². The Balaban J connectivity index is 2.39. The number of hydrogen-bond donors (Lipinski definition) is 0. The van der Waals surface area contributed by atoms with Crippen molar-refractivity contribution in [1.82, 2.24) is 4.90 Å². The summed E-state index contributed by atoms with van der Waals surface area (Å²) in [7, 11) is 4.33. The Morgan fingerprint density at radius 3 is 2.40 bits per heavy atom. The molecular formula is C19H27N. The van der Waals surface area contributed by atoms with Crippen molar-refractivity contribution in [2.24, 2.45) is 5.92 Å². The van der Waals surface area contributed by atoms with Crippen LogP contribution in [0.25, 0.3) is 10.8 Å². The van der Waals surface area contributed by atoms with Gasteiger partial charge in [0.1, 0.15) is 0 Å². The zero-order chi connectivity index (χ0) is 14.5. The second-order valence-electron chi connectivity index (χ2n) is 6.15. The zero-order valence-corrected chi connectivity index (χ0v) is 13.3. The minimum atomic E-state index is 0.647. The standard InChI is InChI=1S/C19H27N/c1-5-15(2)17(13-14-20(3)4)19-12-8-10-16-9-6-7-11-18(16)19/h6-12,15,17H,5,13-14H2,1-4H3/t15-,17+/m0/s1. The highest BCUT2D eigenvalue weighted by molar-refractivity contribution is 5.86. The topological polar surface area (TPSA) is 3.24 Å². The number of hydrogen-bond acceptors (Lipinski definition) is 1. The lowest BCUT2D eigenvalue weighted by Crippen LogP contribution is -2.19. The van der Waals surface area contributed by atoms with Crippen LogP contribution >= 0.6 is 0 Å². The van der Waals surface area contributed by atoms with E-state index in [1.165, 1.54) is 29.2 Å². The van der Waals surface area contributed by atoms with Crippen LogP contribution in [-0.4, -0.2) is 25.5 Å². The Morgan fingerprint density at radius 2 is 1.70 bits per heavy atom. The molecule has 2 aromatic carbocycles. The van der Waals surface area contributed by atoms with Gasteiger partial charge in [0.2, 0.25) is 0 Å². The molecule has 0 bridgehead atoms. The molecule has 0 unspecified atom stereocenters. The molecule has 1 nitrogen and oxygen atoms in total. The Kier molecular flexibility index (Phi) is 5.19. The third-order valence-corrected chi connectivity index (χ3v) is 4.44. The summed E-state index contributed by atoms with van der Waals surface area (Å²) in [4.78, 5) is 2.29. The highest BCUT2D eigenvalue weighted by Gasteiger charge is 2.19. The lowest BCUT2D eigenvalue weighted by Gasteiger charge is -2.26. The van der Waals surface area contributed by atoms with Gasteiger partial charge in [-0.3, -0.25) is 0 Å². The van der Waals surface area contributed by atoms with Crippen LogP contribution in [-0.2, 0) is 0 Å². The maximum atomic E-state index is 2.39. The van der Waals surface area contributed by atoms with Gasteiger partial charge in [-0.2, -0.15) is 0 Å². The maximum absolute atomic E-state index is 2.39. The van der Waals surface area contributed by atoms with Crippen LogP contribution in [0.5, 0.6) is 0 Å². The first-order valence-corrected chi connectivity index (χ1v) is 7.75. The Morgan fingerprint density at radius 1 is 1.00 bits per heavy atom. The lowest BCUT2D eigenvalue weighted by atomic mass is 9.81. The third-order valence-electron chi connectivity index (χ3n) is 4.44. The Bertz CT molecular complexity index is 539. The van der Waals surface area contributed by atoms with Crippen LogP contribution in [0.4, 0.5) is 0 Å². The molecule has 0 radical (unpaired) electrons. The molecule has 0 amide bonds. The van der Waals surface area contributed by atoms with Crippen molar-refractivity contribution in [3.63, 3.8) is 0 Å². The van der Waals surface area contributed by atoms with Gasteiger partial charge in [-0.15, -0.1) is 0 Å². The van der Waals surface area contributed by atoms with Crippen molar-refractivity contribution < 1.29 is 0 Å². The predicted octanol–water partition coefficient (Wildman–Crippen LogP) is 4.92. The van der Waals surface area contributed by atoms with Gasteiger partial charge < -0.3 is 4.90 Å². The van der Waals surface area contributed by atoms with Crippen molar-refractivity contribution in [3.05, 3.63) is 48.0 Å². The average molecular weight is 269 g/mol. The van der Waals surface area contributed by atoms with Crippen LogP contribution in [0.3, 0.4) is 0 Å². The third kappa shape index (κ3) is 3.40. The van der Waals surface area contributed by atoms with E-state index in [9.17, 15) is 0 Å². The quantitative estimate of drug-likeness (QED) is 0.719. The van der Waals surface area contributed by atoms with Gasteiger partial charge >= 0.3 is 0 Å². The van der Waals surface area contributed by atoms with E-state index in [2.05, 4.69) is 75.3 Å². The molecule has 1 heteroatoms. The van der Waals surface area contributed by atoms with Crippen LogP contribution in [0.2, 0.25) is 0 Å². The molecule has 0 spiro atoms. The summed E-state index contributed by atoms with van der Waals surface area (Å²) >= 11 is 0. The normalized spacial score (nSPS) is 14.7. The number of nitrogens with zero attached hydrogens (tertiary/aromatic N) is 1. The van der Waals surface area contributed by atoms with E-state index >= 15 is 0 Å². The molecule has 0 aliphatic rings. The lowest BCUT2D eigenvalue weighted by molar-refractivity contribution is 0.340. The molecule has 0 saturated heterocycles. The summed E-state index contributed by atoms with van der Waals surface area (Å²) in [6.07, 6.45) is 2.47. The Hall–Kier alpha value is -1.34. The van der Waals surface area contributed by atoms with Crippen molar-refractivity contribution in [1.29, 1.82) is 0 Å². The van der Waals surface area contributed by atoms with Crippen LogP contribution in [0.1, 0.15) is 38.2 Å². The number of fused-ring (bicyclic) bond motifs is 1. The predicted molar refractivity (Wildman–Crippen MR) is 89.3 cm³/mol. The molecule has 0 fully saturated rings. The second kappa shape index (κ2) is 6.90. The molecule has 0 saturated carbocycles. The fraction of sp³-hybridized carbons (Fsp3) is 0.474. The van der Waals surface area contributed by atoms with E-state index in [-0.39, 0.29) is 0 Å². The zero-order valence-electron chi connectivity index (χ0n) is 13.3. The molecule has 0 aliphatic carbocycles. The van der Waals surface area contributed by atoms with E-state index in [4.69, 9.17) is 0 Å². The smallest absolute Gasteiger partial charge is 0.00189 e. The van der Waals surface area contributed by atoms with Gasteiger partial charge in [-0.25, -0.2) is 0 Å². The highest BCUT2D eigenvalue weighted by Crippen LogP contribution is 2.34. The van der Waals surface area contributed by atoms with E-state index in [0.29, 0.717) is 5.92 Å². The second-order valence-corrected chi connectivity index (χ2v) is 6.15. The molecule has 0 aromatic heterocycles. The fourth-order valence-electron chi connectivity index (χ4n) is 3.00. The first-order valence-electron chi connectivity index (χ1n) is 7.75. The van der Waals surface area contributed by atoms with Crippen molar-refractivity contribution in [2.45, 2.75) is 32.6 Å². The van der Waals surface area contributed by atoms with Crippen LogP contribution in [0, 0.1) is 5.92 Å². The largest absolute Gasteiger partial charge is 0.309 e. The van der Waals surface area contributed by atoms with Gasteiger partial charge in [0.05, 0.1) is 0 Å². The van der Waals surface area contributed by atoms with Gasteiger partial charge in [-0.05, 0) is 55.2 Å². The molecule has 108 valence electrons. The first kappa shape index (κ1) is 15.1. The highest BCUT2D eigenvalue weighted by atomic mass is 15.0. The van der Waals surface area contributed by atoms with Crippen molar-refractivity contribution >= 4 is 10.8 Å². The molecule has 2 aromatic rings. The molecule has 2 atom stereocenters. The summed E-state index contributed by atoms with van der Waals surface area (Å²) in [5.74, 6) is 1.37. The molecule has 2 rings (SSSR count). The molecule has 20 heavy (non-hydrogen) atoms. The van der Waals surface area contributed by atoms with Gasteiger partial charge in [0.15, 0.2) is 0 Å².